The Bertz CT molecular complexity index is 449. The van der Waals surface area contributed by atoms with E-state index in [0.29, 0.717) is 24.5 Å². The Balaban J connectivity index is 1.67. The topological polar surface area (TPSA) is 49.3 Å². The zero-order valence-electron chi connectivity index (χ0n) is 11.4. The minimum absolute atomic E-state index is 0.356. The second kappa shape index (κ2) is 5.25. The van der Waals surface area contributed by atoms with Gasteiger partial charge in [0.25, 0.3) is 0 Å². The fourth-order valence-electron chi connectivity index (χ4n) is 2.88. The first-order valence-electron chi connectivity index (χ1n) is 7.01. The summed E-state index contributed by atoms with van der Waals surface area (Å²) in [5.74, 6) is 1.78. The van der Waals surface area contributed by atoms with Crippen molar-refractivity contribution in [2.24, 2.45) is 0 Å². The van der Waals surface area contributed by atoms with Crippen LogP contribution in [0.4, 0.5) is 5.82 Å². The van der Waals surface area contributed by atoms with Gasteiger partial charge in [-0.2, -0.15) is 5.10 Å². The third kappa shape index (κ3) is 2.76. The monoisotopic (exact) mass is 260 g/mol. The molecule has 0 aromatic carbocycles. The molecular formula is C14H20N4O. The quantitative estimate of drug-likeness (QED) is 0.796. The van der Waals surface area contributed by atoms with E-state index < -0.39 is 0 Å². The minimum atomic E-state index is 0.356. The first-order chi connectivity index (χ1) is 9.22. The maximum Gasteiger partial charge on any atom is 0.151 e. The molecule has 102 valence electrons. The maximum absolute atomic E-state index is 11.2. The van der Waals surface area contributed by atoms with Crippen LogP contribution in [-0.2, 0) is 4.79 Å². The molecule has 2 saturated heterocycles. The predicted molar refractivity (Wildman–Crippen MR) is 73.3 cm³/mol. The number of anilines is 1. The second-order valence-corrected chi connectivity index (χ2v) is 5.59. The van der Waals surface area contributed by atoms with Crippen LogP contribution in [0.3, 0.4) is 0 Å². The minimum Gasteiger partial charge on any atom is -0.354 e. The maximum atomic E-state index is 11.2. The van der Waals surface area contributed by atoms with Crippen molar-refractivity contribution < 1.29 is 4.79 Å². The third-order valence-electron chi connectivity index (χ3n) is 4.13. The molecule has 5 heteroatoms. The Morgan fingerprint density at radius 2 is 1.95 bits per heavy atom. The van der Waals surface area contributed by atoms with Crippen molar-refractivity contribution in [2.75, 3.05) is 38.1 Å². The molecular weight excluding hydrogens is 240 g/mol. The van der Waals surface area contributed by atoms with Gasteiger partial charge in [-0.15, -0.1) is 5.10 Å². The van der Waals surface area contributed by atoms with Gasteiger partial charge in [0.2, 0.25) is 0 Å². The summed E-state index contributed by atoms with van der Waals surface area (Å²) in [5.41, 5.74) is 1.10. The Hall–Kier alpha value is -1.49. The zero-order chi connectivity index (χ0) is 13.2. The van der Waals surface area contributed by atoms with Crippen LogP contribution in [0, 0.1) is 0 Å². The Morgan fingerprint density at radius 1 is 1.16 bits per heavy atom. The van der Waals surface area contributed by atoms with Gasteiger partial charge in [0.15, 0.2) is 5.82 Å². The molecule has 5 nitrogen and oxygen atoms in total. The number of piperidine rings is 1. The lowest BCUT2D eigenvalue weighted by atomic mass is 10.0. The molecule has 1 atom stereocenters. The highest BCUT2D eigenvalue weighted by molar-refractivity contribution is 5.80. The zero-order valence-corrected chi connectivity index (χ0v) is 11.4. The smallest absolute Gasteiger partial charge is 0.151 e. The number of hydrogen-bond donors (Lipinski definition) is 0. The van der Waals surface area contributed by atoms with Gasteiger partial charge >= 0.3 is 0 Å². The van der Waals surface area contributed by atoms with E-state index in [1.807, 2.05) is 0 Å². The number of hydrogen-bond acceptors (Lipinski definition) is 5. The summed E-state index contributed by atoms with van der Waals surface area (Å²) in [4.78, 5) is 15.7. The highest BCUT2D eigenvalue weighted by atomic mass is 16.1. The summed E-state index contributed by atoms with van der Waals surface area (Å²) in [7, 11) is 2.15. The van der Waals surface area contributed by atoms with E-state index in [1.54, 1.807) is 0 Å². The molecule has 0 N–H and O–H groups in total. The lowest BCUT2D eigenvalue weighted by Crippen LogP contribution is -2.34. The van der Waals surface area contributed by atoms with Crippen LogP contribution in [-0.4, -0.2) is 54.1 Å². The number of carbonyl (C=O) groups excluding carboxylic acids is 1. The second-order valence-electron chi connectivity index (χ2n) is 5.59. The number of nitrogens with zero attached hydrogens (tertiary/aromatic N) is 4. The standard InChI is InChI=1S/C14H20N4O/c1-17-7-4-11(10-17)13-2-3-14(16-15-13)18-8-5-12(19)6-9-18/h2-3,11H,4-10H2,1H3. The number of carbonyl (C=O) groups is 1. The first-order valence-corrected chi connectivity index (χ1v) is 7.01. The van der Waals surface area contributed by atoms with Crippen LogP contribution in [0.1, 0.15) is 30.9 Å². The Kier molecular flexibility index (Phi) is 3.46. The lowest BCUT2D eigenvalue weighted by molar-refractivity contribution is -0.119. The summed E-state index contributed by atoms with van der Waals surface area (Å²) in [6.07, 6.45) is 2.44. The molecule has 1 aromatic rings. The number of rotatable bonds is 2. The summed E-state index contributed by atoms with van der Waals surface area (Å²) >= 11 is 0. The van der Waals surface area contributed by atoms with E-state index in [2.05, 4.69) is 39.2 Å². The van der Waals surface area contributed by atoms with Gasteiger partial charge in [-0.1, -0.05) is 0 Å². The van der Waals surface area contributed by atoms with Gasteiger partial charge in [-0.05, 0) is 32.1 Å². The van der Waals surface area contributed by atoms with Crippen molar-refractivity contribution in [3.05, 3.63) is 17.8 Å². The predicted octanol–water partition coefficient (Wildman–Crippen LogP) is 1.06. The largest absolute Gasteiger partial charge is 0.354 e. The van der Waals surface area contributed by atoms with Crippen molar-refractivity contribution in [3.8, 4) is 0 Å². The van der Waals surface area contributed by atoms with Gasteiger partial charge in [0, 0.05) is 38.4 Å². The van der Waals surface area contributed by atoms with Crippen LogP contribution in [0.2, 0.25) is 0 Å². The SMILES string of the molecule is CN1CCC(c2ccc(N3CCC(=O)CC3)nn2)C1. The molecule has 3 rings (SSSR count). The van der Waals surface area contributed by atoms with Crippen molar-refractivity contribution in [1.82, 2.24) is 15.1 Å². The molecule has 3 heterocycles. The van der Waals surface area contributed by atoms with Gasteiger partial charge in [0.1, 0.15) is 5.78 Å². The molecule has 0 bridgehead atoms. The fourth-order valence-corrected chi connectivity index (χ4v) is 2.88. The molecule has 2 fully saturated rings. The third-order valence-corrected chi connectivity index (χ3v) is 4.13. The van der Waals surface area contributed by atoms with Crippen molar-refractivity contribution in [2.45, 2.75) is 25.2 Å². The van der Waals surface area contributed by atoms with E-state index in [0.717, 1.165) is 37.7 Å². The highest BCUT2D eigenvalue weighted by Gasteiger charge is 2.23. The van der Waals surface area contributed by atoms with E-state index >= 15 is 0 Å². The summed E-state index contributed by atoms with van der Waals surface area (Å²) in [6.45, 7) is 3.77. The molecule has 2 aliphatic heterocycles. The molecule has 1 unspecified atom stereocenters. The van der Waals surface area contributed by atoms with Gasteiger partial charge in [-0.3, -0.25) is 4.79 Å². The average molecular weight is 260 g/mol. The van der Waals surface area contributed by atoms with Gasteiger partial charge in [-0.25, -0.2) is 0 Å². The number of likely N-dealkylation sites (tertiary alicyclic amines) is 1. The Labute approximate surface area is 113 Å². The van der Waals surface area contributed by atoms with Gasteiger partial charge < -0.3 is 9.80 Å². The average Bonchev–Trinajstić information content (AvgIpc) is 2.87. The molecule has 0 radical (unpaired) electrons. The molecule has 1 aromatic heterocycles. The van der Waals surface area contributed by atoms with Crippen LogP contribution in [0.5, 0.6) is 0 Å². The molecule has 0 amide bonds. The molecule has 19 heavy (non-hydrogen) atoms. The summed E-state index contributed by atoms with van der Waals surface area (Å²) in [5, 5.41) is 8.73. The van der Waals surface area contributed by atoms with Crippen LogP contribution in [0.25, 0.3) is 0 Å². The van der Waals surface area contributed by atoms with E-state index in [4.69, 9.17) is 0 Å². The van der Waals surface area contributed by atoms with E-state index in [-0.39, 0.29) is 0 Å². The van der Waals surface area contributed by atoms with E-state index in [9.17, 15) is 4.79 Å². The number of ketones is 1. The van der Waals surface area contributed by atoms with Gasteiger partial charge in [0.05, 0.1) is 5.69 Å². The highest BCUT2D eigenvalue weighted by Crippen LogP contribution is 2.25. The molecule has 0 spiro atoms. The van der Waals surface area contributed by atoms with Crippen molar-refractivity contribution in [3.63, 3.8) is 0 Å². The van der Waals surface area contributed by atoms with E-state index in [1.165, 1.54) is 6.42 Å². The molecule has 0 saturated carbocycles. The fraction of sp³-hybridized carbons (Fsp3) is 0.643. The Morgan fingerprint density at radius 3 is 2.53 bits per heavy atom. The van der Waals surface area contributed by atoms with Crippen molar-refractivity contribution in [1.29, 1.82) is 0 Å². The lowest BCUT2D eigenvalue weighted by Gasteiger charge is -2.26. The number of Topliss-reactive ketones (excluding diaryl/α,β-unsaturated/α-hetero) is 1. The summed E-state index contributed by atoms with van der Waals surface area (Å²) < 4.78 is 0. The number of aromatic nitrogens is 2. The normalized spacial score (nSPS) is 25.0. The van der Waals surface area contributed by atoms with Crippen molar-refractivity contribution >= 4 is 11.6 Å². The summed E-state index contributed by atoms with van der Waals surface area (Å²) in [6, 6.07) is 4.15. The first kappa shape index (κ1) is 12.5. The molecule has 2 aliphatic rings. The van der Waals surface area contributed by atoms with Crippen LogP contribution < -0.4 is 4.90 Å². The molecule has 0 aliphatic carbocycles. The van der Waals surface area contributed by atoms with Crippen LogP contribution >= 0.6 is 0 Å². The van der Waals surface area contributed by atoms with Crippen LogP contribution in [0.15, 0.2) is 12.1 Å². The number of likely N-dealkylation sites (N-methyl/N-ethyl adjacent to an activating group) is 1.